The Bertz CT molecular complexity index is 596. The molecule has 0 saturated heterocycles. The molecule has 18 heavy (non-hydrogen) atoms. The summed E-state index contributed by atoms with van der Waals surface area (Å²) < 4.78 is 0. The lowest BCUT2D eigenvalue weighted by molar-refractivity contribution is -0.383. The van der Waals surface area contributed by atoms with Gasteiger partial charge >= 0.3 is 0 Å². The highest BCUT2D eigenvalue weighted by Crippen LogP contribution is 2.29. The normalized spacial score (nSPS) is 10.2. The molecular formula is C13H13N3O2. The monoisotopic (exact) mass is 243 g/mol. The minimum atomic E-state index is -0.414. The topological polar surface area (TPSA) is 68.1 Å². The molecule has 0 spiro atoms. The maximum absolute atomic E-state index is 10.9. The van der Waals surface area contributed by atoms with E-state index in [1.807, 2.05) is 12.1 Å². The molecule has 0 bridgehead atoms. The summed E-state index contributed by atoms with van der Waals surface area (Å²) in [7, 11) is 0. The number of benzene rings is 1. The van der Waals surface area contributed by atoms with Crippen LogP contribution in [0.25, 0.3) is 10.9 Å². The second-order valence-electron chi connectivity index (χ2n) is 3.79. The fourth-order valence-corrected chi connectivity index (χ4v) is 1.77. The van der Waals surface area contributed by atoms with Gasteiger partial charge in [0.2, 0.25) is 0 Å². The molecule has 0 radical (unpaired) electrons. The smallest absolute Gasteiger partial charge is 0.295 e. The van der Waals surface area contributed by atoms with E-state index in [0.29, 0.717) is 5.52 Å². The molecular weight excluding hydrogens is 230 g/mol. The first-order valence-corrected chi connectivity index (χ1v) is 5.61. The number of anilines is 1. The highest BCUT2D eigenvalue weighted by atomic mass is 16.6. The molecule has 0 unspecified atom stereocenters. The van der Waals surface area contributed by atoms with E-state index in [1.165, 1.54) is 6.07 Å². The highest BCUT2D eigenvalue weighted by Gasteiger charge is 2.14. The van der Waals surface area contributed by atoms with Crippen LogP contribution in [0.4, 0.5) is 11.4 Å². The summed E-state index contributed by atoms with van der Waals surface area (Å²) in [6.45, 7) is 4.39. The number of pyridine rings is 1. The lowest BCUT2D eigenvalue weighted by atomic mass is 10.1. The standard InChI is InChI=1S/C13H13N3O2/c1-2-3-8-14-11-6-7-12(16(17)18)13-10(11)5-4-9-15-13/h2,4-7,9,14H,1,3,8H2. The molecule has 0 aliphatic carbocycles. The number of aromatic nitrogens is 1. The fraction of sp³-hybridized carbons (Fsp3) is 0.154. The second kappa shape index (κ2) is 5.27. The lowest BCUT2D eigenvalue weighted by Gasteiger charge is -2.08. The number of nitrogens with zero attached hydrogens (tertiary/aromatic N) is 2. The van der Waals surface area contributed by atoms with E-state index in [0.717, 1.165) is 24.0 Å². The van der Waals surface area contributed by atoms with Crippen molar-refractivity contribution in [2.45, 2.75) is 6.42 Å². The van der Waals surface area contributed by atoms with Crippen LogP contribution in [0.2, 0.25) is 0 Å². The third kappa shape index (κ3) is 2.29. The van der Waals surface area contributed by atoms with Gasteiger partial charge in [-0.2, -0.15) is 0 Å². The molecule has 2 rings (SSSR count). The summed E-state index contributed by atoms with van der Waals surface area (Å²) in [6, 6.07) is 6.78. The molecule has 0 aliphatic heterocycles. The maximum atomic E-state index is 10.9. The fourth-order valence-electron chi connectivity index (χ4n) is 1.77. The van der Waals surface area contributed by atoms with Crippen molar-refractivity contribution in [3.63, 3.8) is 0 Å². The van der Waals surface area contributed by atoms with Gasteiger partial charge in [-0.15, -0.1) is 6.58 Å². The number of nitro groups is 1. The van der Waals surface area contributed by atoms with E-state index in [4.69, 9.17) is 0 Å². The van der Waals surface area contributed by atoms with Crippen molar-refractivity contribution in [2.75, 3.05) is 11.9 Å². The summed E-state index contributed by atoms with van der Waals surface area (Å²) in [5.41, 5.74) is 1.29. The summed E-state index contributed by atoms with van der Waals surface area (Å²) in [6.07, 6.45) is 4.21. The van der Waals surface area contributed by atoms with Gasteiger partial charge in [-0.1, -0.05) is 6.08 Å². The average Bonchev–Trinajstić information content (AvgIpc) is 2.38. The molecule has 0 fully saturated rings. The Balaban J connectivity index is 2.47. The van der Waals surface area contributed by atoms with Crippen LogP contribution in [-0.4, -0.2) is 16.5 Å². The maximum Gasteiger partial charge on any atom is 0.295 e. The number of hydrogen-bond acceptors (Lipinski definition) is 4. The zero-order valence-corrected chi connectivity index (χ0v) is 9.80. The first kappa shape index (κ1) is 12.0. The van der Waals surface area contributed by atoms with Crippen LogP contribution in [0.15, 0.2) is 43.1 Å². The van der Waals surface area contributed by atoms with Gasteiger partial charge in [0.25, 0.3) is 5.69 Å². The summed E-state index contributed by atoms with van der Waals surface area (Å²) in [5, 5.41) is 14.9. The zero-order chi connectivity index (χ0) is 13.0. The number of hydrogen-bond donors (Lipinski definition) is 1. The molecule has 5 heteroatoms. The Morgan fingerprint density at radius 3 is 3.00 bits per heavy atom. The van der Waals surface area contributed by atoms with Crippen LogP contribution in [0.3, 0.4) is 0 Å². The van der Waals surface area contributed by atoms with Gasteiger partial charge in [0.05, 0.1) is 4.92 Å². The van der Waals surface area contributed by atoms with Crippen molar-refractivity contribution in [3.8, 4) is 0 Å². The van der Waals surface area contributed by atoms with E-state index in [1.54, 1.807) is 18.3 Å². The molecule has 1 aromatic carbocycles. The molecule has 0 amide bonds. The van der Waals surface area contributed by atoms with Gasteiger partial charge < -0.3 is 5.32 Å². The number of nitro benzene ring substituents is 1. The Morgan fingerprint density at radius 2 is 2.28 bits per heavy atom. The molecule has 92 valence electrons. The average molecular weight is 243 g/mol. The number of non-ortho nitro benzene ring substituents is 1. The van der Waals surface area contributed by atoms with E-state index in [9.17, 15) is 10.1 Å². The third-order valence-corrected chi connectivity index (χ3v) is 2.61. The van der Waals surface area contributed by atoms with E-state index >= 15 is 0 Å². The van der Waals surface area contributed by atoms with Gasteiger partial charge in [0.1, 0.15) is 5.52 Å². The molecule has 1 aromatic heterocycles. The van der Waals surface area contributed by atoms with Crippen molar-refractivity contribution in [2.24, 2.45) is 0 Å². The minimum absolute atomic E-state index is 0.0277. The molecule has 1 heterocycles. The van der Waals surface area contributed by atoms with Crippen LogP contribution in [0.1, 0.15) is 6.42 Å². The quantitative estimate of drug-likeness (QED) is 0.379. The summed E-state index contributed by atoms with van der Waals surface area (Å²) >= 11 is 0. The third-order valence-electron chi connectivity index (χ3n) is 2.61. The molecule has 0 atom stereocenters. The minimum Gasteiger partial charge on any atom is -0.384 e. The van der Waals surface area contributed by atoms with E-state index < -0.39 is 4.92 Å². The van der Waals surface area contributed by atoms with Gasteiger partial charge in [0, 0.05) is 29.9 Å². The van der Waals surface area contributed by atoms with Crippen molar-refractivity contribution in [1.29, 1.82) is 0 Å². The predicted molar refractivity (Wildman–Crippen MR) is 71.7 cm³/mol. The molecule has 0 saturated carbocycles. The summed E-state index contributed by atoms with van der Waals surface area (Å²) in [5.74, 6) is 0. The summed E-state index contributed by atoms with van der Waals surface area (Å²) in [4.78, 5) is 14.6. The van der Waals surface area contributed by atoms with E-state index in [2.05, 4.69) is 16.9 Å². The van der Waals surface area contributed by atoms with Gasteiger partial charge in [0.15, 0.2) is 0 Å². The van der Waals surface area contributed by atoms with E-state index in [-0.39, 0.29) is 5.69 Å². The molecule has 0 aliphatic rings. The predicted octanol–water partition coefficient (Wildman–Crippen LogP) is 3.13. The Morgan fingerprint density at radius 1 is 1.44 bits per heavy atom. The number of rotatable bonds is 5. The first-order valence-electron chi connectivity index (χ1n) is 5.61. The Hall–Kier alpha value is -2.43. The van der Waals surface area contributed by atoms with Crippen molar-refractivity contribution in [1.82, 2.24) is 4.98 Å². The van der Waals surface area contributed by atoms with Gasteiger partial charge in [-0.3, -0.25) is 10.1 Å². The highest BCUT2D eigenvalue weighted by molar-refractivity contribution is 5.96. The van der Waals surface area contributed by atoms with Gasteiger partial charge in [-0.05, 0) is 24.6 Å². The Kier molecular flexibility index (Phi) is 3.52. The van der Waals surface area contributed by atoms with Gasteiger partial charge in [-0.25, -0.2) is 4.98 Å². The van der Waals surface area contributed by atoms with Crippen molar-refractivity contribution in [3.05, 3.63) is 53.2 Å². The SMILES string of the molecule is C=CCCNc1ccc([N+](=O)[O-])c2ncccc12. The second-order valence-corrected chi connectivity index (χ2v) is 3.79. The molecule has 5 nitrogen and oxygen atoms in total. The van der Waals surface area contributed by atoms with Crippen LogP contribution < -0.4 is 5.32 Å². The van der Waals surface area contributed by atoms with Crippen LogP contribution in [-0.2, 0) is 0 Å². The largest absolute Gasteiger partial charge is 0.384 e. The number of nitrogens with one attached hydrogen (secondary N) is 1. The van der Waals surface area contributed by atoms with Crippen molar-refractivity contribution < 1.29 is 4.92 Å². The van der Waals surface area contributed by atoms with Crippen LogP contribution in [0.5, 0.6) is 0 Å². The Labute approximate surface area is 104 Å². The zero-order valence-electron chi connectivity index (χ0n) is 9.80. The first-order chi connectivity index (χ1) is 8.74. The van der Waals surface area contributed by atoms with Crippen LogP contribution >= 0.6 is 0 Å². The molecule has 2 aromatic rings. The lowest BCUT2D eigenvalue weighted by Crippen LogP contribution is -2.02. The van der Waals surface area contributed by atoms with Crippen molar-refractivity contribution >= 4 is 22.3 Å². The van der Waals surface area contributed by atoms with Crippen LogP contribution in [0, 0.1) is 10.1 Å². The molecule has 1 N–H and O–H groups in total. The number of fused-ring (bicyclic) bond motifs is 1.